The van der Waals surface area contributed by atoms with Gasteiger partial charge >= 0.3 is 66.8 Å². The van der Waals surface area contributed by atoms with E-state index in [1.807, 2.05) is 0 Å². The quantitative estimate of drug-likeness (QED) is 0.582. The van der Waals surface area contributed by atoms with E-state index in [1.54, 1.807) is 0 Å². The fourth-order valence-electron chi connectivity index (χ4n) is 0. The van der Waals surface area contributed by atoms with Crippen molar-refractivity contribution in [2.75, 3.05) is 0 Å². The summed E-state index contributed by atoms with van der Waals surface area (Å²) in [6, 6.07) is 0. The molecule has 0 amide bonds. The average Bonchev–Trinajstić information content (AvgIpc) is 1.50. The molecule has 4 heavy (non-hydrogen) atoms. The van der Waals surface area contributed by atoms with E-state index in [0.29, 0.717) is 38.5 Å². The second kappa shape index (κ2) is 21.3. The first-order valence-electron chi connectivity index (χ1n) is 0.455. The Hall–Kier alpha value is 1.81. The molecular weight excluding hydrogens is 297 g/mol. The predicted molar refractivity (Wildman–Crippen MR) is 8.52 cm³/mol. The molecule has 0 aliphatic carbocycles. The van der Waals surface area contributed by atoms with Crippen molar-refractivity contribution in [3.63, 3.8) is 0 Å². The second-order valence-corrected chi connectivity index (χ2v) is 0. The van der Waals surface area contributed by atoms with E-state index in [0.717, 1.165) is 0 Å². The van der Waals surface area contributed by atoms with Gasteiger partial charge in [0.2, 0.25) is 0 Å². The van der Waals surface area contributed by atoms with Gasteiger partial charge in [0.15, 0.2) is 0 Å². The van der Waals surface area contributed by atoms with Crippen LogP contribution in [0.3, 0.4) is 0 Å². The SMILES string of the molecule is [O]=[InH].[O]=[Sm]. The van der Waals surface area contributed by atoms with Crippen LogP contribution in [0.1, 0.15) is 0 Å². The Morgan fingerprint density at radius 2 is 1.25 bits per heavy atom. The number of hydrogen-bond donors (Lipinski definition) is 0. The molecule has 0 atom stereocenters. The van der Waals surface area contributed by atoms with Crippen molar-refractivity contribution < 1.29 is 42.4 Å². The van der Waals surface area contributed by atoms with Crippen molar-refractivity contribution in [1.82, 2.24) is 0 Å². The van der Waals surface area contributed by atoms with Crippen LogP contribution >= 0.6 is 0 Å². The van der Waals surface area contributed by atoms with Crippen molar-refractivity contribution in [3.05, 3.63) is 0 Å². The molecule has 0 rings (SSSR count). The van der Waals surface area contributed by atoms with Gasteiger partial charge in [-0.05, 0) is 0 Å². The molecule has 0 fully saturated rings. The molecule has 0 spiro atoms. The molecule has 0 saturated carbocycles. The molecule has 0 aliphatic heterocycles. The Balaban J connectivity index is 0. The Bertz CT molecular complexity index is 8.00. The van der Waals surface area contributed by atoms with Gasteiger partial charge in [0.25, 0.3) is 0 Å². The van der Waals surface area contributed by atoms with E-state index >= 15 is 0 Å². The van der Waals surface area contributed by atoms with E-state index in [-0.39, 0.29) is 24.4 Å². The van der Waals surface area contributed by atoms with Gasteiger partial charge in [0.05, 0.1) is 0 Å². The van der Waals surface area contributed by atoms with E-state index in [1.165, 1.54) is 0 Å². The van der Waals surface area contributed by atoms with Crippen LogP contribution in [-0.2, 0) is 3.96 Å². The predicted octanol–water partition coefficient (Wildman–Crippen LogP) is -0.886. The van der Waals surface area contributed by atoms with Crippen LogP contribution in [0.25, 0.3) is 0 Å². The Morgan fingerprint density at radius 1 is 1.25 bits per heavy atom. The molecule has 4 heteroatoms. The molecule has 0 unspecified atom stereocenters. The van der Waals surface area contributed by atoms with E-state index in [9.17, 15) is 0 Å². The summed E-state index contributed by atoms with van der Waals surface area (Å²) in [4.78, 5) is 0. The van der Waals surface area contributed by atoms with E-state index in [2.05, 4.69) is 0 Å². The second-order valence-electron chi connectivity index (χ2n) is 0. The molecule has 2 nitrogen and oxygen atoms in total. The number of rotatable bonds is 0. The molecule has 0 heterocycles. The maximum absolute atomic E-state index is 8.42. The van der Waals surface area contributed by atoms with Crippen LogP contribution < -0.4 is 0 Å². The zero-order valence-corrected chi connectivity index (χ0v) is 8.59. The normalized spacial score (nSPS) is 1.75. The zero-order chi connectivity index (χ0) is 4.00. The van der Waals surface area contributed by atoms with E-state index < -0.39 is 0 Å². The summed E-state index contributed by atoms with van der Waals surface area (Å²) in [6.45, 7) is 0. The van der Waals surface area contributed by atoms with Crippen LogP contribution in [0.5, 0.6) is 0 Å². The van der Waals surface area contributed by atoms with Crippen LogP contribution in [0.4, 0.5) is 0 Å². The van der Waals surface area contributed by atoms with Gasteiger partial charge in [0, 0.05) is 0 Å². The van der Waals surface area contributed by atoms with Gasteiger partial charge in [-0.2, -0.15) is 0 Å². The van der Waals surface area contributed by atoms with Crippen molar-refractivity contribution in [3.8, 4) is 0 Å². The topological polar surface area (TPSA) is 34.1 Å². The summed E-state index contributed by atoms with van der Waals surface area (Å²) in [5.74, 6) is 0. The fraction of sp³-hybridized carbons (Fsp3) is 0. The molecule has 0 aromatic rings. The summed E-state index contributed by atoms with van der Waals surface area (Å²) < 4.78 is 16.8. The van der Waals surface area contributed by atoms with Gasteiger partial charge in [-0.1, -0.05) is 0 Å². The monoisotopic (exact) mass is 300 g/mol. The molecule has 0 radical (unpaired) electrons. The van der Waals surface area contributed by atoms with Crippen LogP contribution in [0, 0.1) is 38.5 Å². The first kappa shape index (κ1) is 9.26. The number of hydrogen-bond acceptors (Lipinski definition) is 2. The van der Waals surface area contributed by atoms with Crippen LogP contribution in [0.2, 0.25) is 0 Å². The maximum atomic E-state index is 8.42. The zero-order valence-electron chi connectivity index (χ0n) is 1.93. The van der Waals surface area contributed by atoms with Crippen molar-refractivity contribution in [1.29, 1.82) is 0 Å². The molecule has 0 aromatic heterocycles. The summed E-state index contributed by atoms with van der Waals surface area (Å²) in [5.41, 5.74) is 0. The first-order valence-corrected chi connectivity index (χ1v) is 3.17. The fourth-order valence-corrected chi connectivity index (χ4v) is 0. The molecule has 0 aliphatic rings. The van der Waals surface area contributed by atoms with Gasteiger partial charge < -0.3 is 0 Å². The van der Waals surface area contributed by atoms with Gasteiger partial charge in [-0.3, -0.25) is 0 Å². The van der Waals surface area contributed by atoms with Gasteiger partial charge in [-0.25, -0.2) is 0 Å². The molecule has 0 bridgehead atoms. The third-order valence-electron chi connectivity index (χ3n) is 0. The van der Waals surface area contributed by atoms with Crippen molar-refractivity contribution in [2.45, 2.75) is 0 Å². The van der Waals surface area contributed by atoms with E-state index in [4.69, 9.17) is 3.96 Å². The van der Waals surface area contributed by atoms with Crippen LogP contribution in [-0.4, -0.2) is 24.4 Å². The molecule has 0 aromatic carbocycles. The minimum atomic E-state index is -0.1000. The van der Waals surface area contributed by atoms with Crippen molar-refractivity contribution in [2.24, 2.45) is 0 Å². The standard InChI is InChI=1S/In.2O.Sm.H. The first-order chi connectivity index (χ1) is 2.00. The summed E-state index contributed by atoms with van der Waals surface area (Å²) in [5, 5.41) is 0. The average molecular weight is 298 g/mol. The third kappa shape index (κ3) is 9.19. The Labute approximate surface area is 65.5 Å². The Kier molecular flexibility index (Phi) is 49.4. The van der Waals surface area contributed by atoms with Gasteiger partial charge in [-0.15, -0.1) is 0 Å². The Morgan fingerprint density at radius 3 is 1.25 bits per heavy atom. The summed E-state index contributed by atoms with van der Waals surface area (Å²) in [6.07, 6.45) is 0. The summed E-state index contributed by atoms with van der Waals surface area (Å²) in [7, 11) is 0. The third-order valence-corrected chi connectivity index (χ3v) is 0. The van der Waals surface area contributed by atoms with Crippen molar-refractivity contribution >= 4 is 24.4 Å². The van der Waals surface area contributed by atoms with Gasteiger partial charge in [0.1, 0.15) is 0 Å². The minimum absolute atomic E-state index is 0.1000. The molecule has 22 valence electrons. The molecule has 0 saturated heterocycles. The van der Waals surface area contributed by atoms with Crippen LogP contribution in [0.15, 0.2) is 0 Å². The molecule has 0 N–H and O–H groups in total. The molecular formula is HInO2Sm. The summed E-state index contributed by atoms with van der Waals surface area (Å²) >= 11 is 0.233.